The van der Waals surface area contributed by atoms with Crippen LogP contribution < -0.4 is 10.1 Å². The molecule has 1 amide bonds. The summed E-state index contributed by atoms with van der Waals surface area (Å²) in [5.74, 6) is -0.299. The fraction of sp³-hybridized carbons (Fsp3) is 0.0435. The van der Waals surface area contributed by atoms with Crippen molar-refractivity contribution in [2.45, 2.75) is 0 Å². The van der Waals surface area contributed by atoms with E-state index in [9.17, 15) is 9.18 Å². The van der Waals surface area contributed by atoms with Gasteiger partial charge >= 0.3 is 0 Å². The highest BCUT2D eigenvalue weighted by Crippen LogP contribution is 2.28. The molecule has 144 valence electrons. The molecule has 5 nitrogen and oxygen atoms in total. The molecule has 1 heterocycles. The molecule has 1 aromatic heterocycles. The second kappa shape index (κ2) is 7.98. The Hall–Kier alpha value is -3.93. The summed E-state index contributed by atoms with van der Waals surface area (Å²) >= 11 is 0. The van der Waals surface area contributed by atoms with Crippen LogP contribution in [-0.4, -0.2) is 22.8 Å². The van der Waals surface area contributed by atoms with Gasteiger partial charge in [0.15, 0.2) is 0 Å². The van der Waals surface area contributed by atoms with Gasteiger partial charge in [-0.05, 0) is 36.4 Å². The van der Waals surface area contributed by atoms with Crippen molar-refractivity contribution in [1.29, 1.82) is 0 Å². The van der Waals surface area contributed by atoms with E-state index >= 15 is 0 Å². The molecule has 0 radical (unpaired) electrons. The summed E-state index contributed by atoms with van der Waals surface area (Å²) in [6, 6.07) is 22.8. The second-order valence-electron chi connectivity index (χ2n) is 6.34. The molecule has 0 aliphatic rings. The first-order valence-corrected chi connectivity index (χ1v) is 9.01. The highest BCUT2D eigenvalue weighted by atomic mass is 19.1. The number of rotatable bonds is 5. The third-order valence-electron chi connectivity index (χ3n) is 4.44. The van der Waals surface area contributed by atoms with Crippen LogP contribution in [0.3, 0.4) is 0 Å². The Kier molecular flexibility index (Phi) is 5.07. The van der Waals surface area contributed by atoms with Crippen LogP contribution in [0.4, 0.5) is 10.1 Å². The van der Waals surface area contributed by atoms with E-state index in [-0.39, 0.29) is 5.69 Å². The van der Waals surface area contributed by atoms with Crippen LogP contribution in [-0.2, 0) is 0 Å². The van der Waals surface area contributed by atoms with Crippen LogP contribution in [0, 0.1) is 5.82 Å². The van der Waals surface area contributed by atoms with E-state index in [2.05, 4.69) is 10.4 Å². The molecule has 29 heavy (non-hydrogen) atoms. The molecule has 0 fully saturated rings. The summed E-state index contributed by atoms with van der Waals surface area (Å²) in [7, 11) is 1.58. The zero-order valence-electron chi connectivity index (χ0n) is 15.7. The van der Waals surface area contributed by atoms with Gasteiger partial charge in [0.05, 0.1) is 24.0 Å². The first-order chi connectivity index (χ1) is 14.2. The van der Waals surface area contributed by atoms with E-state index in [0.717, 1.165) is 11.3 Å². The quantitative estimate of drug-likeness (QED) is 0.528. The maximum absolute atomic E-state index is 14.0. The molecule has 0 aliphatic heterocycles. The van der Waals surface area contributed by atoms with Crippen molar-refractivity contribution in [1.82, 2.24) is 9.78 Å². The Morgan fingerprint density at radius 3 is 2.52 bits per heavy atom. The Labute approximate surface area is 167 Å². The van der Waals surface area contributed by atoms with Gasteiger partial charge < -0.3 is 10.1 Å². The molecule has 0 aliphatic carbocycles. The Balaban J connectivity index is 1.79. The summed E-state index contributed by atoms with van der Waals surface area (Å²) in [6.07, 6.45) is 1.64. The van der Waals surface area contributed by atoms with Crippen LogP contribution in [0.2, 0.25) is 0 Å². The minimum absolute atomic E-state index is 0.113. The number of nitrogens with one attached hydrogen (secondary N) is 1. The predicted molar refractivity (Wildman–Crippen MR) is 110 cm³/mol. The molecule has 0 atom stereocenters. The Morgan fingerprint density at radius 2 is 1.76 bits per heavy atom. The number of benzene rings is 3. The number of ether oxygens (including phenoxy) is 1. The lowest BCUT2D eigenvalue weighted by molar-refractivity contribution is 0.102. The van der Waals surface area contributed by atoms with Crippen LogP contribution >= 0.6 is 0 Å². The van der Waals surface area contributed by atoms with E-state index < -0.39 is 11.7 Å². The average Bonchev–Trinajstić information content (AvgIpc) is 3.22. The lowest BCUT2D eigenvalue weighted by Gasteiger charge is -2.07. The Morgan fingerprint density at radius 1 is 1.00 bits per heavy atom. The minimum Gasteiger partial charge on any atom is -0.497 e. The van der Waals surface area contributed by atoms with E-state index in [1.165, 1.54) is 12.1 Å². The number of hydrogen-bond acceptors (Lipinski definition) is 3. The van der Waals surface area contributed by atoms with E-state index in [0.29, 0.717) is 17.0 Å². The van der Waals surface area contributed by atoms with Crippen LogP contribution in [0.15, 0.2) is 85.1 Å². The minimum atomic E-state index is -0.501. The number of nitrogens with zero attached hydrogens (tertiary/aromatic N) is 2. The zero-order chi connectivity index (χ0) is 20.2. The van der Waals surface area contributed by atoms with Gasteiger partial charge in [-0.2, -0.15) is 5.10 Å². The Bertz CT molecular complexity index is 1160. The summed E-state index contributed by atoms with van der Waals surface area (Å²) in [4.78, 5) is 13.0. The van der Waals surface area contributed by atoms with Crippen molar-refractivity contribution in [3.63, 3.8) is 0 Å². The fourth-order valence-corrected chi connectivity index (χ4v) is 2.99. The van der Waals surface area contributed by atoms with Gasteiger partial charge in [0.2, 0.25) is 0 Å². The SMILES string of the molecule is COc1cccc(-c2nn(-c3ccccc3)cc2C(=O)Nc2ccccc2F)c1. The molecule has 0 spiro atoms. The zero-order valence-corrected chi connectivity index (χ0v) is 15.7. The van der Waals surface area contributed by atoms with Crippen molar-refractivity contribution < 1.29 is 13.9 Å². The summed E-state index contributed by atoms with van der Waals surface area (Å²) in [6.45, 7) is 0. The first-order valence-electron chi connectivity index (χ1n) is 9.01. The van der Waals surface area contributed by atoms with Crippen molar-refractivity contribution >= 4 is 11.6 Å². The number of carbonyl (C=O) groups is 1. The molecular weight excluding hydrogens is 369 g/mol. The number of anilines is 1. The molecular formula is C23H18FN3O2. The van der Waals surface area contributed by atoms with Gasteiger partial charge in [-0.15, -0.1) is 0 Å². The van der Waals surface area contributed by atoms with Crippen molar-refractivity contribution in [2.24, 2.45) is 0 Å². The molecule has 0 bridgehead atoms. The number of halogens is 1. The van der Waals surface area contributed by atoms with Crippen LogP contribution in [0.5, 0.6) is 5.75 Å². The molecule has 4 aromatic rings. The largest absolute Gasteiger partial charge is 0.497 e. The normalized spacial score (nSPS) is 10.6. The van der Waals surface area contributed by atoms with Gasteiger partial charge in [0, 0.05) is 11.8 Å². The molecule has 3 aromatic carbocycles. The van der Waals surface area contributed by atoms with Gasteiger partial charge in [-0.1, -0.05) is 42.5 Å². The van der Waals surface area contributed by atoms with Crippen LogP contribution in [0.1, 0.15) is 10.4 Å². The molecule has 6 heteroatoms. The molecule has 0 saturated heterocycles. The number of methoxy groups -OCH3 is 1. The van der Waals surface area contributed by atoms with E-state index in [4.69, 9.17) is 4.74 Å². The van der Waals surface area contributed by atoms with Gasteiger partial charge in [-0.3, -0.25) is 4.79 Å². The monoisotopic (exact) mass is 387 g/mol. The topological polar surface area (TPSA) is 56.2 Å². The average molecular weight is 387 g/mol. The van der Waals surface area contributed by atoms with Crippen LogP contribution in [0.25, 0.3) is 16.9 Å². The lowest BCUT2D eigenvalue weighted by atomic mass is 10.1. The number of hydrogen-bond donors (Lipinski definition) is 1. The van der Waals surface area contributed by atoms with Gasteiger partial charge in [0.1, 0.15) is 17.3 Å². The van der Waals surface area contributed by atoms with Crippen molar-refractivity contribution in [3.05, 3.63) is 96.4 Å². The van der Waals surface area contributed by atoms with E-state index in [1.807, 2.05) is 48.5 Å². The lowest BCUT2D eigenvalue weighted by Crippen LogP contribution is -2.13. The number of para-hydroxylation sites is 2. The third-order valence-corrected chi connectivity index (χ3v) is 4.44. The number of amides is 1. The molecule has 0 unspecified atom stereocenters. The maximum atomic E-state index is 14.0. The summed E-state index contributed by atoms with van der Waals surface area (Å²) < 4.78 is 20.9. The van der Waals surface area contributed by atoms with E-state index in [1.54, 1.807) is 36.2 Å². The fourth-order valence-electron chi connectivity index (χ4n) is 2.99. The summed E-state index contributed by atoms with van der Waals surface area (Å²) in [5, 5.41) is 7.25. The highest BCUT2D eigenvalue weighted by Gasteiger charge is 2.20. The molecule has 1 N–H and O–H groups in total. The maximum Gasteiger partial charge on any atom is 0.259 e. The first kappa shape index (κ1) is 18.4. The number of aromatic nitrogens is 2. The standard InChI is InChI=1S/C23H18FN3O2/c1-29-18-11-7-8-16(14-18)22-19(15-27(26-22)17-9-3-2-4-10-17)23(28)25-21-13-6-5-12-20(21)24/h2-15H,1H3,(H,25,28). The van der Waals surface area contributed by atoms with Gasteiger partial charge in [0.25, 0.3) is 5.91 Å². The van der Waals surface area contributed by atoms with Crippen molar-refractivity contribution in [3.8, 4) is 22.7 Å². The third kappa shape index (κ3) is 3.87. The van der Waals surface area contributed by atoms with Crippen molar-refractivity contribution in [2.75, 3.05) is 12.4 Å². The predicted octanol–water partition coefficient (Wildman–Crippen LogP) is 4.94. The number of carbonyl (C=O) groups excluding carboxylic acids is 1. The molecule has 4 rings (SSSR count). The highest BCUT2D eigenvalue weighted by molar-refractivity contribution is 6.08. The molecule has 0 saturated carbocycles. The van der Waals surface area contributed by atoms with Gasteiger partial charge in [-0.25, -0.2) is 9.07 Å². The second-order valence-corrected chi connectivity index (χ2v) is 6.34. The summed E-state index contributed by atoms with van der Waals surface area (Å²) in [5.41, 5.74) is 2.44. The smallest absolute Gasteiger partial charge is 0.259 e.